The van der Waals surface area contributed by atoms with Gasteiger partial charge in [0, 0.05) is 19.3 Å². The standard InChI is InChI=1S/C15H25NSi/c1-13-8-9-15(14(2)12-13)16(3)10-7-11-17(4,5)6/h7-9,11-12H,10H2,1-6H3/b11-7+. The molecule has 94 valence electrons. The summed E-state index contributed by atoms with van der Waals surface area (Å²) in [5.74, 6) is 0. The molecule has 17 heavy (non-hydrogen) atoms. The molecule has 0 fully saturated rings. The van der Waals surface area contributed by atoms with Crippen molar-refractivity contribution >= 4 is 13.8 Å². The molecule has 0 saturated carbocycles. The van der Waals surface area contributed by atoms with Gasteiger partial charge >= 0.3 is 0 Å². The van der Waals surface area contributed by atoms with E-state index >= 15 is 0 Å². The second kappa shape index (κ2) is 5.54. The average Bonchev–Trinajstić information content (AvgIpc) is 2.15. The van der Waals surface area contributed by atoms with E-state index in [1.165, 1.54) is 16.8 Å². The Hall–Kier alpha value is -1.02. The van der Waals surface area contributed by atoms with Crippen LogP contribution in [0.25, 0.3) is 0 Å². The molecule has 0 aliphatic rings. The fraction of sp³-hybridized carbons (Fsp3) is 0.467. The van der Waals surface area contributed by atoms with E-state index in [0.29, 0.717) is 0 Å². The summed E-state index contributed by atoms with van der Waals surface area (Å²) in [7, 11) is 1.10. The third-order valence-corrected chi connectivity index (χ3v) is 4.00. The highest BCUT2D eigenvalue weighted by molar-refractivity contribution is 6.80. The lowest BCUT2D eigenvalue weighted by Gasteiger charge is -2.20. The molecule has 0 atom stereocenters. The Balaban J connectivity index is 2.70. The predicted octanol–water partition coefficient (Wildman–Crippen LogP) is 4.17. The molecule has 1 rings (SSSR count). The summed E-state index contributed by atoms with van der Waals surface area (Å²) in [4.78, 5) is 2.31. The van der Waals surface area contributed by atoms with Crippen molar-refractivity contribution in [2.45, 2.75) is 33.5 Å². The van der Waals surface area contributed by atoms with Gasteiger partial charge in [0.2, 0.25) is 0 Å². The first-order valence-corrected chi connectivity index (χ1v) is 9.83. The van der Waals surface area contributed by atoms with Crippen molar-refractivity contribution in [3.63, 3.8) is 0 Å². The van der Waals surface area contributed by atoms with Gasteiger partial charge < -0.3 is 4.90 Å². The normalized spacial score (nSPS) is 12.1. The highest BCUT2D eigenvalue weighted by atomic mass is 28.3. The third-order valence-electron chi connectivity index (χ3n) is 2.76. The van der Waals surface area contributed by atoms with E-state index in [2.05, 4.69) is 75.4 Å². The van der Waals surface area contributed by atoms with Crippen LogP contribution < -0.4 is 4.90 Å². The maximum absolute atomic E-state index is 2.41. The summed E-state index contributed by atoms with van der Waals surface area (Å²) in [5, 5.41) is 0. The predicted molar refractivity (Wildman–Crippen MR) is 81.7 cm³/mol. The summed E-state index contributed by atoms with van der Waals surface area (Å²) >= 11 is 0. The minimum Gasteiger partial charge on any atom is -0.371 e. The van der Waals surface area contributed by atoms with Crippen molar-refractivity contribution in [2.75, 3.05) is 18.5 Å². The molecule has 0 aliphatic heterocycles. The number of anilines is 1. The summed E-state index contributed by atoms with van der Waals surface area (Å²) < 4.78 is 0. The van der Waals surface area contributed by atoms with E-state index in [9.17, 15) is 0 Å². The largest absolute Gasteiger partial charge is 0.371 e. The Kier molecular flexibility index (Phi) is 4.58. The van der Waals surface area contributed by atoms with Crippen LogP contribution in [0.4, 0.5) is 5.69 Å². The molecule has 0 spiro atoms. The van der Waals surface area contributed by atoms with Crippen LogP contribution in [-0.4, -0.2) is 21.7 Å². The van der Waals surface area contributed by atoms with E-state index in [-0.39, 0.29) is 0 Å². The average molecular weight is 247 g/mol. The molecule has 0 amide bonds. The molecule has 1 nitrogen and oxygen atoms in total. The van der Waals surface area contributed by atoms with Gasteiger partial charge in [0.1, 0.15) is 0 Å². The summed E-state index contributed by atoms with van der Waals surface area (Å²) in [6, 6.07) is 6.64. The van der Waals surface area contributed by atoms with Gasteiger partial charge in [-0.3, -0.25) is 0 Å². The number of hydrogen-bond donors (Lipinski definition) is 0. The monoisotopic (exact) mass is 247 g/mol. The zero-order chi connectivity index (χ0) is 13.1. The number of rotatable bonds is 4. The van der Waals surface area contributed by atoms with Gasteiger partial charge in [-0.25, -0.2) is 0 Å². The van der Waals surface area contributed by atoms with Crippen LogP contribution >= 0.6 is 0 Å². The minimum absolute atomic E-state index is 0.994. The Labute approximate surface area is 107 Å². The van der Waals surface area contributed by atoms with Gasteiger partial charge in [0.15, 0.2) is 0 Å². The van der Waals surface area contributed by atoms with Crippen LogP contribution in [0.15, 0.2) is 30.0 Å². The molecular formula is C15H25NSi. The second-order valence-corrected chi connectivity index (χ2v) is 11.0. The van der Waals surface area contributed by atoms with Crippen molar-refractivity contribution in [3.05, 3.63) is 41.1 Å². The van der Waals surface area contributed by atoms with Crippen molar-refractivity contribution < 1.29 is 0 Å². The van der Waals surface area contributed by atoms with E-state index in [1.807, 2.05) is 0 Å². The van der Waals surface area contributed by atoms with Crippen LogP contribution in [0.2, 0.25) is 19.6 Å². The second-order valence-electron chi connectivity index (χ2n) is 5.94. The lowest BCUT2D eigenvalue weighted by atomic mass is 10.1. The first-order chi connectivity index (χ1) is 7.79. The first-order valence-electron chi connectivity index (χ1n) is 6.26. The van der Waals surface area contributed by atoms with Gasteiger partial charge in [-0.2, -0.15) is 0 Å². The summed E-state index contributed by atoms with van der Waals surface area (Å²) in [6.07, 6.45) is 2.31. The molecule has 0 bridgehead atoms. The molecule has 0 N–H and O–H groups in total. The first kappa shape index (κ1) is 14.0. The lowest BCUT2D eigenvalue weighted by molar-refractivity contribution is 1.02. The zero-order valence-corrected chi connectivity index (χ0v) is 13.0. The molecule has 0 unspecified atom stereocenters. The highest BCUT2D eigenvalue weighted by Gasteiger charge is 2.07. The minimum atomic E-state index is -1.05. The Morgan fingerprint density at radius 3 is 2.35 bits per heavy atom. The summed E-state index contributed by atoms with van der Waals surface area (Å²) in [6.45, 7) is 12.4. The molecule has 1 aromatic rings. The van der Waals surface area contributed by atoms with Gasteiger partial charge in [-0.1, -0.05) is 49.1 Å². The third kappa shape index (κ3) is 4.78. The van der Waals surface area contributed by atoms with Crippen LogP contribution in [0.3, 0.4) is 0 Å². The van der Waals surface area contributed by atoms with Crippen LogP contribution in [0.5, 0.6) is 0 Å². The Bertz CT molecular complexity index is 402. The highest BCUT2D eigenvalue weighted by Crippen LogP contribution is 2.19. The number of hydrogen-bond acceptors (Lipinski definition) is 1. The Morgan fingerprint density at radius 1 is 1.18 bits per heavy atom. The van der Waals surface area contributed by atoms with E-state index in [4.69, 9.17) is 0 Å². The molecule has 0 saturated heterocycles. The van der Waals surface area contributed by atoms with Gasteiger partial charge in [0.25, 0.3) is 0 Å². The van der Waals surface area contributed by atoms with Gasteiger partial charge in [-0.15, -0.1) is 0 Å². The van der Waals surface area contributed by atoms with Crippen LogP contribution in [0, 0.1) is 13.8 Å². The van der Waals surface area contributed by atoms with Gasteiger partial charge in [-0.05, 0) is 25.5 Å². The molecule has 0 radical (unpaired) electrons. The molecule has 2 heteroatoms. The lowest BCUT2D eigenvalue weighted by Crippen LogP contribution is -2.20. The quantitative estimate of drug-likeness (QED) is 0.722. The number of likely N-dealkylation sites (N-methyl/N-ethyl adjacent to an activating group) is 1. The maximum Gasteiger partial charge on any atom is 0.0683 e. The van der Waals surface area contributed by atoms with Gasteiger partial charge in [0.05, 0.1) is 8.07 Å². The molecule has 1 aromatic carbocycles. The molecule has 0 aromatic heterocycles. The fourth-order valence-corrected chi connectivity index (χ4v) is 2.71. The number of nitrogens with zero attached hydrogens (tertiary/aromatic N) is 1. The molecule has 0 heterocycles. The SMILES string of the molecule is Cc1ccc(N(C)C/C=C/[Si](C)(C)C)c(C)c1. The maximum atomic E-state index is 2.41. The summed E-state index contributed by atoms with van der Waals surface area (Å²) in [5.41, 5.74) is 6.43. The smallest absolute Gasteiger partial charge is 0.0683 e. The van der Waals surface area contributed by atoms with Crippen molar-refractivity contribution in [1.82, 2.24) is 0 Å². The number of benzene rings is 1. The Morgan fingerprint density at radius 2 is 1.82 bits per heavy atom. The molecular weight excluding hydrogens is 222 g/mol. The van der Waals surface area contributed by atoms with Crippen molar-refractivity contribution in [1.29, 1.82) is 0 Å². The van der Waals surface area contributed by atoms with Crippen LogP contribution in [0.1, 0.15) is 11.1 Å². The van der Waals surface area contributed by atoms with E-state index in [0.717, 1.165) is 6.54 Å². The topological polar surface area (TPSA) is 3.24 Å². The van der Waals surface area contributed by atoms with E-state index < -0.39 is 8.07 Å². The van der Waals surface area contributed by atoms with Crippen molar-refractivity contribution in [2.24, 2.45) is 0 Å². The number of aryl methyl sites for hydroxylation is 2. The zero-order valence-electron chi connectivity index (χ0n) is 12.0. The molecule has 0 aliphatic carbocycles. The van der Waals surface area contributed by atoms with E-state index in [1.54, 1.807) is 0 Å². The van der Waals surface area contributed by atoms with Crippen molar-refractivity contribution in [3.8, 4) is 0 Å². The fourth-order valence-electron chi connectivity index (χ4n) is 1.90. The van der Waals surface area contributed by atoms with Crippen LogP contribution in [-0.2, 0) is 0 Å².